The first-order chi connectivity index (χ1) is 14.7. The van der Waals surface area contributed by atoms with Gasteiger partial charge in [-0.3, -0.25) is 4.79 Å². The van der Waals surface area contributed by atoms with Gasteiger partial charge in [0.25, 0.3) is 11.8 Å². The summed E-state index contributed by atoms with van der Waals surface area (Å²) in [6, 6.07) is 3.11. The first kappa shape index (κ1) is 22.2. The highest BCUT2D eigenvalue weighted by Gasteiger charge is 2.27. The predicted octanol–water partition coefficient (Wildman–Crippen LogP) is 2.80. The topological polar surface area (TPSA) is 98.9 Å². The van der Waals surface area contributed by atoms with Gasteiger partial charge in [0.15, 0.2) is 5.69 Å². The smallest absolute Gasteiger partial charge is 0.316 e. The average Bonchev–Trinajstić information content (AvgIpc) is 3.27. The second kappa shape index (κ2) is 9.11. The number of carbonyl (C=O) groups is 1. The molecule has 0 aliphatic carbocycles. The maximum absolute atomic E-state index is 13.3. The van der Waals surface area contributed by atoms with E-state index in [1.165, 1.54) is 17.2 Å². The van der Waals surface area contributed by atoms with E-state index in [2.05, 4.69) is 25.1 Å². The summed E-state index contributed by atoms with van der Waals surface area (Å²) in [4.78, 5) is 28.2. The van der Waals surface area contributed by atoms with Crippen molar-refractivity contribution in [3.05, 3.63) is 53.9 Å². The zero-order valence-corrected chi connectivity index (χ0v) is 17.7. The zero-order valence-electron chi connectivity index (χ0n) is 17.7. The average molecular weight is 431 g/mol. The van der Waals surface area contributed by atoms with Gasteiger partial charge in [-0.2, -0.15) is 10.2 Å². The molecule has 0 aliphatic rings. The summed E-state index contributed by atoms with van der Waals surface area (Å²) in [6.45, 7) is 6.67. The molecule has 0 radical (unpaired) electrons. The number of aryl methyl sites for hydroxylation is 1. The Kier molecular flexibility index (Phi) is 6.52. The minimum Gasteiger partial charge on any atom is -0.461 e. The Balaban J connectivity index is 1.74. The SMILES string of the molecule is CCN(C(=O)c1nc(C)ccc1-n1nccn1)[C@@H](C)COc1ncc(C(C)(F)F)cn1. The molecular weight excluding hydrogens is 408 g/mol. The maximum atomic E-state index is 13.3. The summed E-state index contributed by atoms with van der Waals surface area (Å²) in [5.74, 6) is -3.34. The fraction of sp³-hybridized carbons (Fsp3) is 0.400. The predicted molar refractivity (Wildman–Crippen MR) is 107 cm³/mol. The van der Waals surface area contributed by atoms with Gasteiger partial charge in [-0.25, -0.2) is 23.7 Å². The molecule has 1 amide bonds. The third-order valence-corrected chi connectivity index (χ3v) is 4.57. The number of pyridine rings is 1. The van der Waals surface area contributed by atoms with Crippen LogP contribution in [-0.2, 0) is 5.92 Å². The fourth-order valence-corrected chi connectivity index (χ4v) is 2.90. The second-order valence-electron chi connectivity index (χ2n) is 7.03. The van der Waals surface area contributed by atoms with E-state index < -0.39 is 5.92 Å². The van der Waals surface area contributed by atoms with Crippen LogP contribution in [0.3, 0.4) is 0 Å². The number of aromatic nitrogens is 6. The first-order valence-corrected chi connectivity index (χ1v) is 9.69. The van der Waals surface area contributed by atoms with Crippen LogP contribution >= 0.6 is 0 Å². The van der Waals surface area contributed by atoms with Gasteiger partial charge in [0, 0.05) is 31.6 Å². The molecule has 3 heterocycles. The molecule has 3 rings (SSSR count). The van der Waals surface area contributed by atoms with Crippen molar-refractivity contribution in [2.75, 3.05) is 13.2 Å². The van der Waals surface area contributed by atoms with Crippen LogP contribution in [0.1, 0.15) is 42.5 Å². The van der Waals surface area contributed by atoms with Gasteiger partial charge in [-0.15, -0.1) is 4.80 Å². The van der Waals surface area contributed by atoms with E-state index in [4.69, 9.17) is 4.74 Å². The normalized spacial score (nSPS) is 12.5. The van der Waals surface area contributed by atoms with E-state index in [0.29, 0.717) is 17.9 Å². The summed E-state index contributed by atoms with van der Waals surface area (Å²) >= 11 is 0. The Morgan fingerprint density at radius 3 is 2.45 bits per heavy atom. The minimum atomic E-state index is -3.03. The van der Waals surface area contributed by atoms with Crippen molar-refractivity contribution in [2.45, 2.75) is 39.7 Å². The molecule has 0 aliphatic heterocycles. The summed E-state index contributed by atoms with van der Waals surface area (Å²) in [7, 11) is 0. The highest BCUT2D eigenvalue weighted by molar-refractivity contribution is 5.96. The third kappa shape index (κ3) is 5.16. The molecule has 0 bridgehead atoms. The lowest BCUT2D eigenvalue weighted by Crippen LogP contribution is -2.42. The van der Waals surface area contributed by atoms with E-state index in [1.54, 1.807) is 30.9 Å². The van der Waals surface area contributed by atoms with Crippen molar-refractivity contribution in [1.82, 2.24) is 34.8 Å². The molecule has 3 aromatic heterocycles. The monoisotopic (exact) mass is 431 g/mol. The van der Waals surface area contributed by atoms with Crippen molar-refractivity contribution in [2.24, 2.45) is 0 Å². The summed E-state index contributed by atoms with van der Waals surface area (Å²) in [5, 5.41) is 8.18. The molecule has 11 heteroatoms. The van der Waals surface area contributed by atoms with Gasteiger partial charge in [-0.1, -0.05) is 0 Å². The van der Waals surface area contributed by atoms with Crippen LogP contribution in [0.25, 0.3) is 5.69 Å². The second-order valence-corrected chi connectivity index (χ2v) is 7.03. The van der Waals surface area contributed by atoms with Crippen LogP contribution in [0.15, 0.2) is 36.9 Å². The standard InChI is InChI=1S/C20H23F2N7O2/c1-5-28(14(3)12-31-19-23-10-15(11-24-19)20(4,21)22)18(30)17-16(7-6-13(2)27-17)29-25-8-9-26-29/h6-11,14H,5,12H2,1-4H3/t14-/m0/s1. The molecule has 0 fully saturated rings. The molecular formula is C20H23F2N7O2. The van der Waals surface area contributed by atoms with Gasteiger partial charge in [0.2, 0.25) is 0 Å². The van der Waals surface area contributed by atoms with Crippen molar-refractivity contribution in [3.8, 4) is 11.7 Å². The van der Waals surface area contributed by atoms with Crippen LogP contribution < -0.4 is 4.74 Å². The van der Waals surface area contributed by atoms with Crippen LogP contribution in [-0.4, -0.2) is 59.9 Å². The number of alkyl halides is 2. The van der Waals surface area contributed by atoms with Crippen molar-refractivity contribution < 1.29 is 18.3 Å². The minimum absolute atomic E-state index is 0.0431. The highest BCUT2D eigenvalue weighted by atomic mass is 19.3. The van der Waals surface area contributed by atoms with Crippen LogP contribution in [0.2, 0.25) is 0 Å². The lowest BCUT2D eigenvalue weighted by atomic mass is 10.2. The molecule has 9 nitrogen and oxygen atoms in total. The molecule has 0 aromatic carbocycles. The maximum Gasteiger partial charge on any atom is 0.316 e. The van der Waals surface area contributed by atoms with Crippen molar-refractivity contribution in [1.29, 1.82) is 0 Å². The third-order valence-electron chi connectivity index (χ3n) is 4.57. The van der Waals surface area contributed by atoms with Crippen LogP contribution in [0, 0.1) is 6.92 Å². The fourth-order valence-electron chi connectivity index (χ4n) is 2.90. The molecule has 0 unspecified atom stereocenters. The highest BCUT2D eigenvalue weighted by Crippen LogP contribution is 2.25. The molecule has 1 atom stereocenters. The number of rotatable bonds is 8. The number of likely N-dealkylation sites (N-methyl/N-ethyl adjacent to an activating group) is 1. The number of nitrogens with zero attached hydrogens (tertiary/aromatic N) is 7. The van der Waals surface area contributed by atoms with Gasteiger partial charge < -0.3 is 9.64 Å². The van der Waals surface area contributed by atoms with Gasteiger partial charge >= 0.3 is 6.01 Å². The van der Waals surface area contributed by atoms with E-state index >= 15 is 0 Å². The molecule has 3 aromatic rings. The Hall–Kier alpha value is -3.50. The Morgan fingerprint density at radius 1 is 1.23 bits per heavy atom. The number of amides is 1. The first-order valence-electron chi connectivity index (χ1n) is 9.69. The van der Waals surface area contributed by atoms with Crippen molar-refractivity contribution >= 4 is 5.91 Å². The number of hydrogen-bond acceptors (Lipinski definition) is 7. The lowest BCUT2D eigenvalue weighted by molar-refractivity contribution is 0.0165. The number of halogens is 2. The van der Waals surface area contributed by atoms with E-state index in [0.717, 1.165) is 19.3 Å². The quantitative estimate of drug-likeness (QED) is 0.541. The molecule has 164 valence electrons. The Bertz CT molecular complexity index is 1020. The van der Waals surface area contributed by atoms with Gasteiger partial charge in [-0.05, 0) is 32.9 Å². The molecule has 31 heavy (non-hydrogen) atoms. The van der Waals surface area contributed by atoms with Crippen LogP contribution in [0.4, 0.5) is 8.78 Å². The van der Waals surface area contributed by atoms with E-state index in [-0.39, 0.29) is 35.8 Å². The Labute approximate surface area is 178 Å². The summed E-state index contributed by atoms with van der Waals surface area (Å²) < 4.78 is 32.1. The molecule has 0 N–H and O–H groups in total. The molecule has 0 saturated carbocycles. The summed E-state index contributed by atoms with van der Waals surface area (Å²) in [5.41, 5.74) is 1.06. The zero-order chi connectivity index (χ0) is 22.6. The number of hydrogen-bond donors (Lipinski definition) is 0. The Morgan fingerprint density at radius 2 is 1.87 bits per heavy atom. The molecule has 0 spiro atoms. The lowest BCUT2D eigenvalue weighted by Gasteiger charge is -2.28. The summed E-state index contributed by atoms with van der Waals surface area (Å²) in [6.07, 6.45) is 5.08. The van der Waals surface area contributed by atoms with E-state index in [9.17, 15) is 13.6 Å². The van der Waals surface area contributed by atoms with Gasteiger partial charge in [0.05, 0.1) is 24.0 Å². The number of ether oxygens (including phenoxy) is 1. The molecule has 0 saturated heterocycles. The van der Waals surface area contributed by atoms with Crippen LogP contribution in [0.5, 0.6) is 6.01 Å². The number of carbonyl (C=O) groups excluding carboxylic acids is 1. The van der Waals surface area contributed by atoms with E-state index in [1.807, 2.05) is 6.92 Å². The van der Waals surface area contributed by atoms with Crippen molar-refractivity contribution in [3.63, 3.8) is 0 Å². The van der Waals surface area contributed by atoms with Gasteiger partial charge in [0.1, 0.15) is 12.3 Å². The largest absolute Gasteiger partial charge is 0.461 e.